The van der Waals surface area contributed by atoms with Gasteiger partial charge in [0.1, 0.15) is 5.82 Å². The van der Waals surface area contributed by atoms with Crippen LogP contribution in [0.25, 0.3) is 11.3 Å². The van der Waals surface area contributed by atoms with E-state index in [1.54, 1.807) is 23.9 Å². The predicted molar refractivity (Wildman–Crippen MR) is 101 cm³/mol. The topological polar surface area (TPSA) is 29.6 Å². The molecule has 0 bridgehead atoms. The van der Waals surface area contributed by atoms with E-state index >= 15 is 0 Å². The number of rotatable bonds is 3. The van der Waals surface area contributed by atoms with Crippen molar-refractivity contribution in [2.75, 3.05) is 7.05 Å². The van der Waals surface area contributed by atoms with Crippen LogP contribution in [0.4, 0.5) is 4.39 Å². The zero-order valence-corrected chi connectivity index (χ0v) is 15.7. The molecule has 0 N–H and O–H groups in total. The van der Waals surface area contributed by atoms with Crippen LogP contribution in [-0.4, -0.2) is 17.9 Å². The highest BCUT2D eigenvalue weighted by Crippen LogP contribution is 2.24. The summed E-state index contributed by atoms with van der Waals surface area (Å²) in [6, 6.07) is 12.4. The lowest BCUT2D eigenvalue weighted by molar-refractivity contribution is 0.625. The van der Waals surface area contributed by atoms with Crippen molar-refractivity contribution in [2.24, 2.45) is 10.1 Å². The minimum absolute atomic E-state index is 0.250. The molecule has 0 aliphatic rings. The highest BCUT2D eigenvalue weighted by Gasteiger charge is 2.09. The molecule has 24 heavy (non-hydrogen) atoms. The van der Waals surface area contributed by atoms with Gasteiger partial charge in [0, 0.05) is 28.0 Å². The monoisotopic (exact) mass is 423 g/mol. The van der Waals surface area contributed by atoms with E-state index in [9.17, 15) is 4.39 Å². The van der Waals surface area contributed by atoms with Gasteiger partial charge >= 0.3 is 0 Å². The number of benzene rings is 2. The fourth-order valence-corrected chi connectivity index (χ4v) is 3.57. The second-order valence-electron chi connectivity index (χ2n) is 4.83. The maximum absolute atomic E-state index is 13.9. The summed E-state index contributed by atoms with van der Waals surface area (Å²) in [5, 5.41) is 6.68. The molecule has 0 atom stereocenters. The number of hydrogen-bond donors (Lipinski definition) is 0. The van der Waals surface area contributed by atoms with E-state index < -0.39 is 5.82 Å². The third-order valence-electron chi connectivity index (χ3n) is 3.30. The maximum atomic E-state index is 13.9. The minimum Gasteiger partial charge on any atom is -0.261 e. The number of aromatic nitrogens is 1. The second kappa shape index (κ2) is 7.42. The fourth-order valence-electron chi connectivity index (χ4n) is 2.16. The van der Waals surface area contributed by atoms with E-state index in [2.05, 4.69) is 26.0 Å². The Morgan fingerprint density at radius 1 is 1.25 bits per heavy atom. The standard InChI is InChI=1S/C17H12BrClFN3S/c1-21-17-23(22-9-13-14(19)6-3-7-15(13)20)16(10-24-17)11-4-2-5-12(18)8-11/h2-10H,1H3/b21-17?,22-9-. The van der Waals surface area contributed by atoms with Gasteiger partial charge in [-0.05, 0) is 24.3 Å². The van der Waals surface area contributed by atoms with E-state index in [0.29, 0.717) is 9.82 Å². The summed E-state index contributed by atoms with van der Waals surface area (Å²) in [4.78, 5) is 4.93. The molecular formula is C17H12BrClFN3S. The quantitative estimate of drug-likeness (QED) is 0.518. The van der Waals surface area contributed by atoms with Crippen LogP contribution in [0.1, 0.15) is 5.56 Å². The number of halogens is 3. The molecule has 0 radical (unpaired) electrons. The first-order chi connectivity index (χ1) is 11.6. The Hall–Kier alpha value is -1.76. The Morgan fingerprint density at radius 2 is 2.04 bits per heavy atom. The average Bonchev–Trinajstić information content (AvgIpc) is 2.97. The number of thiazole rings is 1. The third kappa shape index (κ3) is 3.50. The van der Waals surface area contributed by atoms with Gasteiger partial charge in [-0.1, -0.05) is 45.7 Å². The van der Waals surface area contributed by atoms with Crippen LogP contribution >= 0.6 is 38.9 Å². The second-order valence-corrected chi connectivity index (χ2v) is 6.99. The van der Waals surface area contributed by atoms with E-state index in [-0.39, 0.29) is 5.56 Å². The highest BCUT2D eigenvalue weighted by molar-refractivity contribution is 9.10. The van der Waals surface area contributed by atoms with Crippen LogP contribution in [0.15, 0.2) is 62.4 Å². The van der Waals surface area contributed by atoms with Crippen LogP contribution in [-0.2, 0) is 0 Å². The summed E-state index contributed by atoms with van der Waals surface area (Å²) in [5.74, 6) is -0.416. The molecule has 0 saturated carbocycles. The summed E-state index contributed by atoms with van der Waals surface area (Å²) >= 11 is 11.0. The van der Waals surface area contributed by atoms with Crippen molar-refractivity contribution in [3.63, 3.8) is 0 Å². The molecule has 0 aliphatic heterocycles. The molecule has 0 aliphatic carbocycles. The highest BCUT2D eigenvalue weighted by atomic mass is 79.9. The van der Waals surface area contributed by atoms with E-state index in [4.69, 9.17) is 11.6 Å². The molecule has 3 rings (SSSR count). The van der Waals surface area contributed by atoms with Crippen molar-refractivity contribution >= 4 is 45.1 Å². The maximum Gasteiger partial charge on any atom is 0.205 e. The summed E-state index contributed by atoms with van der Waals surface area (Å²) < 4.78 is 16.6. The summed E-state index contributed by atoms with van der Waals surface area (Å²) in [5.41, 5.74) is 2.10. The van der Waals surface area contributed by atoms with Crippen molar-refractivity contribution in [3.05, 3.63) is 73.5 Å². The summed E-state index contributed by atoms with van der Waals surface area (Å²) in [6.07, 6.45) is 1.42. The van der Waals surface area contributed by atoms with Gasteiger partial charge in [-0.3, -0.25) is 4.99 Å². The van der Waals surface area contributed by atoms with Gasteiger partial charge in [-0.15, -0.1) is 11.3 Å². The van der Waals surface area contributed by atoms with Gasteiger partial charge in [-0.2, -0.15) is 5.10 Å². The molecule has 0 fully saturated rings. The van der Waals surface area contributed by atoms with Gasteiger partial charge in [-0.25, -0.2) is 9.07 Å². The third-order valence-corrected chi connectivity index (χ3v) is 5.03. The molecule has 0 saturated heterocycles. The van der Waals surface area contributed by atoms with E-state index in [0.717, 1.165) is 15.7 Å². The molecular weight excluding hydrogens is 413 g/mol. The van der Waals surface area contributed by atoms with Crippen LogP contribution in [0.3, 0.4) is 0 Å². The lowest BCUT2D eigenvalue weighted by Crippen LogP contribution is -2.11. The summed E-state index contributed by atoms with van der Waals surface area (Å²) in [7, 11) is 1.69. The predicted octanol–water partition coefficient (Wildman–Crippen LogP) is 5.18. The lowest BCUT2D eigenvalue weighted by Gasteiger charge is -2.05. The Bertz CT molecular complexity index is 958. The van der Waals surface area contributed by atoms with Gasteiger partial charge < -0.3 is 0 Å². The summed E-state index contributed by atoms with van der Waals surface area (Å²) in [6.45, 7) is 0. The van der Waals surface area contributed by atoms with Crippen molar-refractivity contribution in [1.29, 1.82) is 0 Å². The fraction of sp³-hybridized carbons (Fsp3) is 0.0588. The van der Waals surface area contributed by atoms with Crippen molar-refractivity contribution < 1.29 is 4.39 Å². The molecule has 1 heterocycles. The normalized spacial score (nSPS) is 12.2. The lowest BCUT2D eigenvalue weighted by atomic mass is 10.2. The Balaban J connectivity index is 2.11. The van der Waals surface area contributed by atoms with Gasteiger partial charge in [0.05, 0.1) is 16.9 Å². The van der Waals surface area contributed by atoms with Crippen LogP contribution in [0, 0.1) is 5.82 Å². The molecule has 2 aromatic carbocycles. The molecule has 7 heteroatoms. The Labute approximate surface area is 155 Å². The first-order valence-corrected chi connectivity index (χ1v) is 9.03. The largest absolute Gasteiger partial charge is 0.261 e. The van der Waals surface area contributed by atoms with E-state index in [1.165, 1.54) is 23.6 Å². The molecule has 0 spiro atoms. The SMILES string of the molecule is CN=c1scc(-c2cccc(Br)c2)n1/N=C\c1c(F)cccc1Cl. The Morgan fingerprint density at radius 3 is 2.75 bits per heavy atom. The van der Waals surface area contributed by atoms with Crippen molar-refractivity contribution in [1.82, 2.24) is 4.68 Å². The molecule has 1 aromatic heterocycles. The van der Waals surface area contributed by atoms with Crippen LogP contribution in [0.2, 0.25) is 5.02 Å². The van der Waals surface area contributed by atoms with Gasteiger partial charge in [0.15, 0.2) is 0 Å². The molecule has 3 nitrogen and oxygen atoms in total. The number of nitrogens with zero attached hydrogens (tertiary/aromatic N) is 3. The van der Waals surface area contributed by atoms with Crippen LogP contribution in [0.5, 0.6) is 0 Å². The molecule has 122 valence electrons. The van der Waals surface area contributed by atoms with Gasteiger partial charge in [0.2, 0.25) is 4.80 Å². The van der Waals surface area contributed by atoms with Crippen molar-refractivity contribution in [3.8, 4) is 11.3 Å². The zero-order chi connectivity index (χ0) is 17.1. The molecule has 0 amide bonds. The smallest absolute Gasteiger partial charge is 0.205 e. The molecule has 0 unspecified atom stereocenters. The van der Waals surface area contributed by atoms with Gasteiger partial charge in [0.25, 0.3) is 0 Å². The number of hydrogen-bond acceptors (Lipinski definition) is 3. The minimum atomic E-state index is -0.416. The first kappa shape index (κ1) is 17.1. The molecule has 3 aromatic rings. The zero-order valence-electron chi connectivity index (χ0n) is 12.6. The van der Waals surface area contributed by atoms with Crippen LogP contribution < -0.4 is 4.80 Å². The van der Waals surface area contributed by atoms with Crippen molar-refractivity contribution in [2.45, 2.75) is 0 Å². The average molecular weight is 425 g/mol. The van der Waals surface area contributed by atoms with E-state index in [1.807, 2.05) is 29.6 Å². The first-order valence-electron chi connectivity index (χ1n) is 6.98. The Kier molecular flexibility index (Phi) is 5.28.